The molecule has 0 bridgehead atoms. The Balaban J connectivity index is 0.000000158. The maximum Gasteiger partial charge on any atom is 0.259 e. The van der Waals surface area contributed by atoms with Gasteiger partial charge in [-0.05, 0) is 71.8 Å². The Hall–Kier alpha value is -9.89. The second kappa shape index (κ2) is 24.6. The summed E-state index contributed by atoms with van der Waals surface area (Å²) < 4.78 is 99.6. The van der Waals surface area contributed by atoms with E-state index in [4.69, 9.17) is 31.8 Å². The molecule has 450 valence electrons. The fourth-order valence-electron chi connectivity index (χ4n) is 10.3. The highest BCUT2D eigenvalue weighted by Gasteiger charge is 2.39. The van der Waals surface area contributed by atoms with Gasteiger partial charge in [0.25, 0.3) is 17.7 Å². The topological polar surface area (TPSA) is 278 Å². The second-order valence-corrected chi connectivity index (χ2v) is 26.2. The van der Waals surface area contributed by atoms with Crippen molar-refractivity contribution in [1.82, 2.24) is 30.1 Å². The smallest absolute Gasteiger partial charge is 0.259 e. The third-order valence-electron chi connectivity index (χ3n) is 14.7. The zero-order chi connectivity index (χ0) is 62.9. The van der Waals surface area contributed by atoms with E-state index in [0.29, 0.717) is 78.0 Å². The van der Waals surface area contributed by atoms with Crippen molar-refractivity contribution in [3.63, 3.8) is 0 Å². The lowest BCUT2D eigenvalue weighted by Gasteiger charge is -2.23. The number of anilines is 3. The van der Waals surface area contributed by atoms with Crippen molar-refractivity contribution in [3.8, 4) is 53.4 Å². The number of pyridine rings is 3. The summed E-state index contributed by atoms with van der Waals surface area (Å²) in [6.45, 7) is 1.09. The highest BCUT2D eigenvalue weighted by molar-refractivity contribution is 7.92. The van der Waals surface area contributed by atoms with E-state index < -0.39 is 36.0 Å². The number of aromatic hydroxyl groups is 1. The molecule has 0 spiro atoms. The number of hydrogen-bond acceptors (Lipinski definition) is 17. The molecule has 8 aromatic rings. The first-order valence-electron chi connectivity index (χ1n) is 26.4. The fourth-order valence-corrected chi connectivity index (χ4v) is 11.9. The van der Waals surface area contributed by atoms with Gasteiger partial charge in [-0.25, -0.2) is 25.3 Å². The number of hydrogen-bond donors (Lipinski definition) is 2. The highest BCUT2D eigenvalue weighted by atomic mass is 32.2. The van der Waals surface area contributed by atoms with Crippen LogP contribution in [0, 0.1) is 24.7 Å². The Morgan fingerprint density at radius 1 is 0.552 bits per heavy atom. The predicted molar refractivity (Wildman–Crippen MR) is 330 cm³/mol. The van der Waals surface area contributed by atoms with Crippen LogP contribution in [0.4, 0.5) is 17.1 Å². The largest absolute Gasteiger partial charge is 0.505 e. The van der Waals surface area contributed by atoms with Gasteiger partial charge in [0.1, 0.15) is 41.3 Å². The van der Waals surface area contributed by atoms with E-state index in [2.05, 4.69) is 32.1 Å². The van der Waals surface area contributed by atoms with Gasteiger partial charge in [-0.1, -0.05) is 36.1 Å². The van der Waals surface area contributed by atoms with Gasteiger partial charge in [0.05, 0.1) is 79.8 Å². The summed E-state index contributed by atoms with van der Waals surface area (Å²) in [5, 5.41) is 14.9. The summed E-state index contributed by atoms with van der Waals surface area (Å²) in [5.74, 6) is 5.67. The van der Waals surface area contributed by atoms with Crippen LogP contribution in [0.15, 0.2) is 104 Å². The second-order valence-electron chi connectivity index (χ2n) is 20.2. The minimum Gasteiger partial charge on any atom is -0.505 e. The molecule has 3 aromatic heterocycles. The Bertz CT molecular complexity index is 4540. The predicted octanol–water partition coefficient (Wildman–Crippen LogP) is 6.19. The van der Waals surface area contributed by atoms with Gasteiger partial charge < -0.3 is 39.2 Å². The molecule has 0 aliphatic carbocycles. The Morgan fingerprint density at radius 3 is 1.32 bits per heavy atom. The van der Waals surface area contributed by atoms with Gasteiger partial charge in [0, 0.05) is 92.2 Å². The number of phenols is 1. The molecule has 6 heterocycles. The molecular formula is C61H59N9O14S3. The Morgan fingerprint density at radius 2 is 0.920 bits per heavy atom. The van der Waals surface area contributed by atoms with Gasteiger partial charge in [-0.2, -0.15) is 0 Å². The number of methoxy groups -OCH3 is 2. The van der Waals surface area contributed by atoms with Crippen LogP contribution in [-0.2, 0) is 62.9 Å². The third kappa shape index (κ3) is 12.1. The maximum absolute atomic E-state index is 13.3. The molecule has 0 saturated heterocycles. The number of rotatable bonds is 16. The summed E-state index contributed by atoms with van der Waals surface area (Å²) in [6, 6.07) is 25.1. The van der Waals surface area contributed by atoms with Gasteiger partial charge >= 0.3 is 0 Å². The standard InChI is InChI=1S/C24H23N3O5S.C21H21N3O5S.C16H15N3O4S/c1-5-13-27-14-19-20(24(27)28)23(32-15-16-8-10-17(31-3)11-9-16)21-18(7-6-12-25-21)22(19)26(2)33(4,29)30;1-24(30(3,26)27)19-15-5-4-10-22-18(15)20(17-16(19)11-23-21(17)25)29-12-13-6-8-14(28-2)9-7-13;1-4-8-19-9-11-12(16(19)21)15(20)13-10(6-5-7-17-13)14(11)18(2)24(3,22)23/h1,6-12H,13-15H2,2-4H3;4-10H,11-12H2,1-3H3,(H,23,25);1,5-7,20H,8-9H2,2-3H3. The Labute approximate surface area is 503 Å². The molecular weight excluding hydrogens is 1180 g/mol. The third-order valence-corrected chi connectivity index (χ3v) is 18.3. The summed E-state index contributed by atoms with van der Waals surface area (Å²) >= 11 is 0. The van der Waals surface area contributed by atoms with E-state index in [1.54, 1.807) is 63.0 Å². The lowest BCUT2D eigenvalue weighted by Crippen LogP contribution is -2.26. The molecule has 0 saturated carbocycles. The molecule has 0 atom stereocenters. The highest BCUT2D eigenvalue weighted by Crippen LogP contribution is 2.47. The molecule has 87 heavy (non-hydrogen) atoms. The molecule has 0 unspecified atom stereocenters. The van der Waals surface area contributed by atoms with Crippen molar-refractivity contribution < 1.29 is 63.7 Å². The number of sulfonamides is 3. The summed E-state index contributed by atoms with van der Waals surface area (Å²) in [6.07, 6.45) is 18.7. The van der Waals surface area contributed by atoms with E-state index in [0.717, 1.165) is 45.7 Å². The number of benzene rings is 5. The van der Waals surface area contributed by atoms with Crippen molar-refractivity contribution >= 4 is 97.6 Å². The molecule has 5 aromatic carbocycles. The van der Waals surface area contributed by atoms with Crippen molar-refractivity contribution in [1.29, 1.82) is 0 Å². The van der Waals surface area contributed by atoms with E-state index in [1.165, 1.54) is 45.8 Å². The molecule has 3 aliphatic rings. The molecule has 3 amide bonds. The van der Waals surface area contributed by atoms with Crippen LogP contribution in [0.1, 0.15) is 58.9 Å². The number of terminal acetylenes is 2. The molecule has 2 N–H and O–H groups in total. The fraction of sp³-hybridized carbons (Fsp3) is 0.246. The summed E-state index contributed by atoms with van der Waals surface area (Å²) in [7, 11) is -3.20. The number of fused-ring (bicyclic) bond motifs is 6. The zero-order valence-corrected chi connectivity index (χ0v) is 50.9. The molecule has 23 nitrogen and oxygen atoms in total. The number of phenolic OH excluding ortho intramolecular Hbond substituents is 1. The average molecular weight is 1240 g/mol. The van der Waals surface area contributed by atoms with Crippen molar-refractivity contribution in [2.24, 2.45) is 0 Å². The first-order valence-corrected chi connectivity index (χ1v) is 31.9. The van der Waals surface area contributed by atoms with Crippen LogP contribution in [-0.4, -0.2) is 140 Å². The molecule has 3 aliphatic heterocycles. The number of ether oxygens (including phenoxy) is 4. The van der Waals surface area contributed by atoms with Crippen LogP contribution in [0.3, 0.4) is 0 Å². The van der Waals surface area contributed by atoms with Crippen LogP contribution in [0.25, 0.3) is 32.7 Å². The lowest BCUT2D eigenvalue weighted by molar-refractivity contribution is 0.0788. The van der Waals surface area contributed by atoms with Crippen LogP contribution >= 0.6 is 0 Å². The molecule has 0 radical (unpaired) electrons. The summed E-state index contributed by atoms with van der Waals surface area (Å²) in [4.78, 5) is 54.3. The zero-order valence-electron chi connectivity index (χ0n) is 48.5. The van der Waals surface area contributed by atoms with Crippen LogP contribution in [0.2, 0.25) is 0 Å². The number of aromatic nitrogens is 3. The quantitative estimate of drug-likeness (QED) is 0.102. The normalized spacial score (nSPS) is 13.3. The van der Waals surface area contributed by atoms with Crippen molar-refractivity contribution in [3.05, 3.63) is 148 Å². The van der Waals surface area contributed by atoms with E-state index in [9.17, 15) is 44.7 Å². The minimum absolute atomic E-state index is 0.0574. The lowest BCUT2D eigenvalue weighted by atomic mass is 10.0. The molecule has 26 heteroatoms. The Kier molecular flexibility index (Phi) is 17.4. The van der Waals surface area contributed by atoms with Crippen molar-refractivity contribution in [2.45, 2.75) is 32.8 Å². The number of carbonyl (C=O) groups is 3. The van der Waals surface area contributed by atoms with E-state index in [1.807, 2.05) is 48.5 Å². The average Bonchev–Trinajstić information content (AvgIpc) is 1.73. The number of amides is 3. The van der Waals surface area contributed by atoms with Crippen LogP contribution in [0.5, 0.6) is 28.7 Å². The maximum atomic E-state index is 13.3. The minimum atomic E-state index is -3.61. The monoisotopic (exact) mass is 1240 g/mol. The van der Waals surface area contributed by atoms with E-state index in [-0.39, 0.29) is 80.1 Å². The first-order chi connectivity index (χ1) is 41.3. The SMILES string of the molecule is C#CCN1Cc2c(c(O)c3ncccc3c2N(C)S(C)(=O)=O)C1=O.C#CCN1Cc2c(c(OCc3ccc(OC)cc3)c3ncccc3c2N(C)S(C)(=O)=O)C1=O.COc1ccc(COc2c3c(c(N(C)S(C)(=O)=O)c4cccnc24)CNC3=O)cc1. The number of nitrogens with zero attached hydrogens (tertiary/aromatic N) is 8. The van der Waals surface area contributed by atoms with E-state index >= 15 is 0 Å². The van der Waals surface area contributed by atoms with Gasteiger partial charge in [0.15, 0.2) is 17.2 Å². The summed E-state index contributed by atoms with van der Waals surface area (Å²) in [5.41, 5.74) is 6.19. The number of nitrogens with one attached hydrogen (secondary N) is 1. The van der Waals surface area contributed by atoms with Crippen molar-refractivity contribution in [2.75, 3.05) is 80.1 Å². The number of carbonyl (C=O) groups excluding carboxylic acids is 3. The van der Waals surface area contributed by atoms with Gasteiger partial charge in [0.2, 0.25) is 30.1 Å². The van der Waals surface area contributed by atoms with Gasteiger partial charge in [-0.15, -0.1) is 12.8 Å². The van der Waals surface area contributed by atoms with Gasteiger partial charge in [-0.3, -0.25) is 42.3 Å². The molecule has 0 fully saturated rings. The molecule has 11 rings (SSSR count). The van der Waals surface area contributed by atoms with Crippen LogP contribution < -0.4 is 37.2 Å². The first kappa shape index (κ1) is 61.7.